The summed E-state index contributed by atoms with van der Waals surface area (Å²) in [6.07, 6.45) is 2.05. The first kappa shape index (κ1) is 27.8. The van der Waals surface area contributed by atoms with E-state index in [0.29, 0.717) is 30.9 Å². The van der Waals surface area contributed by atoms with E-state index in [-0.39, 0.29) is 23.6 Å². The number of nitrogens with one attached hydrogen (secondary N) is 3. The highest BCUT2D eigenvalue weighted by Crippen LogP contribution is 2.25. The van der Waals surface area contributed by atoms with Crippen molar-refractivity contribution in [3.8, 4) is 5.75 Å². The summed E-state index contributed by atoms with van der Waals surface area (Å²) in [7, 11) is 0. The van der Waals surface area contributed by atoms with Crippen molar-refractivity contribution in [2.45, 2.75) is 40.2 Å². The fraction of sp³-hybridized carbons (Fsp3) is 0.360. The number of carbonyl (C=O) groups excluding carboxylic acids is 3. The Labute approximate surface area is 210 Å². The van der Waals surface area contributed by atoms with E-state index in [1.54, 1.807) is 18.2 Å². The Balaban J connectivity index is 1.77. The van der Waals surface area contributed by atoms with Crippen LogP contribution in [0.2, 0.25) is 5.02 Å². The van der Waals surface area contributed by atoms with Crippen molar-refractivity contribution in [3.05, 3.63) is 58.1 Å². The zero-order valence-corrected chi connectivity index (χ0v) is 21.1. The molecule has 188 valence electrons. The van der Waals surface area contributed by atoms with E-state index >= 15 is 0 Å². The molecule has 0 spiro atoms. The Morgan fingerprint density at radius 2 is 1.86 bits per heavy atom. The molecule has 2 aromatic rings. The van der Waals surface area contributed by atoms with Crippen LogP contribution in [0.1, 0.15) is 37.0 Å². The normalized spacial score (nSPS) is 10.9. The molecule has 2 rings (SSSR count). The first-order valence-electron chi connectivity index (χ1n) is 11.2. The fourth-order valence-corrected chi connectivity index (χ4v) is 3.13. The number of hydrogen-bond donors (Lipinski definition) is 3. The van der Waals surface area contributed by atoms with Crippen LogP contribution >= 0.6 is 11.6 Å². The summed E-state index contributed by atoms with van der Waals surface area (Å²) in [5.41, 5.74) is 5.51. The maximum atomic E-state index is 12.2. The Kier molecular flexibility index (Phi) is 11.2. The van der Waals surface area contributed by atoms with Gasteiger partial charge < -0.3 is 20.1 Å². The second kappa shape index (κ2) is 14.1. The Hall–Kier alpha value is -3.43. The van der Waals surface area contributed by atoms with Gasteiger partial charge in [0.2, 0.25) is 0 Å². The predicted molar refractivity (Wildman–Crippen MR) is 136 cm³/mol. The molecule has 3 N–H and O–H groups in total. The summed E-state index contributed by atoms with van der Waals surface area (Å²) in [5, 5.41) is 9.32. The van der Waals surface area contributed by atoms with Gasteiger partial charge in [-0.05, 0) is 69.5 Å². The highest BCUT2D eigenvalue weighted by atomic mass is 35.5. The van der Waals surface area contributed by atoms with Crippen LogP contribution in [0.3, 0.4) is 0 Å². The van der Waals surface area contributed by atoms with Gasteiger partial charge in [0.05, 0.1) is 17.3 Å². The number of ether oxygens (including phenoxy) is 2. The van der Waals surface area contributed by atoms with Gasteiger partial charge >= 0.3 is 11.8 Å². The van der Waals surface area contributed by atoms with Gasteiger partial charge in [-0.15, -0.1) is 0 Å². The van der Waals surface area contributed by atoms with Crippen LogP contribution in [0.5, 0.6) is 5.75 Å². The molecule has 0 aliphatic carbocycles. The van der Waals surface area contributed by atoms with Gasteiger partial charge in [0.15, 0.2) is 6.61 Å². The number of rotatable bonds is 11. The molecular formula is C25H31ClN4O5. The summed E-state index contributed by atoms with van der Waals surface area (Å²) in [5.74, 6) is -1.66. The van der Waals surface area contributed by atoms with Crippen LogP contribution in [0, 0.1) is 13.8 Å². The molecule has 3 amide bonds. The number of anilines is 1. The van der Waals surface area contributed by atoms with Crippen molar-refractivity contribution < 1.29 is 23.9 Å². The standard InChI is InChI=1S/C25H31ClN4O5/c1-16(2)34-11-5-10-27-24(32)25(33)30-28-14-19-7-9-22(20(26)13-19)35-15-23(31)29-21-8-6-17(3)12-18(21)4/h6-9,12-14,16H,5,10-11,15H2,1-4H3,(H,27,32)(H,29,31)(H,30,33)/b28-14-. The van der Waals surface area contributed by atoms with Crippen molar-refractivity contribution in [2.24, 2.45) is 5.10 Å². The third kappa shape index (κ3) is 10.2. The van der Waals surface area contributed by atoms with Crippen molar-refractivity contribution in [1.82, 2.24) is 10.7 Å². The lowest BCUT2D eigenvalue weighted by atomic mass is 10.1. The Morgan fingerprint density at radius 1 is 1.09 bits per heavy atom. The number of hydrogen-bond acceptors (Lipinski definition) is 6. The zero-order valence-electron chi connectivity index (χ0n) is 20.3. The topological polar surface area (TPSA) is 118 Å². The molecule has 35 heavy (non-hydrogen) atoms. The average molecular weight is 503 g/mol. The van der Waals surface area contributed by atoms with Crippen molar-refractivity contribution >= 4 is 41.2 Å². The molecule has 0 aromatic heterocycles. The quantitative estimate of drug-likeness (QED) is 0.188. The molecule has 0 saturated heterocycles. The summed E-state index contributed by atoms with van der Waals surface area (Å²) >= 11 is 6.23. The monoisotopic (exact) mass is 502 g/mol. The third-order valence-electron chi connectivity index (χ3n) is 4.61. The average Bonchev–Trinajstić information content (AvgIpc) is 2.79. The van der Waals surface area contributed by atoms with E-state index in [2.05, 4.69) is 21.2 Å². The minimum absolute atomic E-state index is 0.116. The van der Waals surface area contributed by atoms with Gasteiger partial charge in [0.25, 0.3) is 5.91 Å². The van der Waals surface area contributed by atoms with E-state index in [1.165, 1.54) is 6.21 Å². The summed E-state index contributed by atoms with van der Waals surface area (Å²) in [6, 6.07) is 10.5. The van der Waals surface area contributed by atoms with Crippen LogP contribution in [0.25, 0.3) is 0 Å². The number of aryl methyl sites for hydroxylation is 2. The van der Waals surface area contributed by atoms with Crippen molar-refractivity contribution in [2.75, 3.05) is 25.1 Å². The molecule has 0 fully saturated rings. The summed E-state index contributed by atoms with van der Waals surface area (Å²) in [6.45, 7) is 8.35. The molecule has 0 saturated carbocycles. The van der Waals surface area contributed by atoms with Crippen molar-refractivity contribution in [1.29, 1.82) is 0 Å². The number of nitrogens with zero attached hydrogens (tertiary/aromatic N) is 1. The number of halogens is 1. The van der Waals surface area contributed by atoms with Gasteiger partial charge in [-0.1, -0.05) is 29.3 Å². The van der Waals surface area contributed by atoms with Crippen molar-refractivity contribution in [3.63, 3.8) is 0 Å². The van der Waals surface area contributed by atoms with Crippen LogP contribution in [-0.2, 0) is 19.1 Å². The summed E-state index contributed by atoms with van der Waals surface area (Å²) < 4.78 is 10.9. The fourth-order valence-electron chi connectivity index (χ4n) is 2.89. The van der Waals surface area contributed by atoms with E-state index < -0.39 is 11.8 Å². The van der Waals surface area contributed by atoms with Crippen LogP contribution in [0.15, 0.2) is 41.5 Å². The van der Waals surface area contributed by atoms with E-state index in [4.69, 9.17) is 21.1 Å². The number of hydrazone groups is 1. The predicted octanol–water partition coefficient (Wildman–Crippen LogP) is 3.36. The number of amides is 3. The van der Waals surface area contributed by atoms with Gasteiger partial charge in [-0.3, -0.25) is 14.4 Å². The third-order valence-corrected chi connectivity index (χ3v) is 4.91. The molecule has 0 bridgehead atoms. The molecule has 0 aliphatic heterocycles. The SMILES string of the molecule is Cc1ccc(NC(=O)COc2ccc(/C=N\NC(=O)C(=O)NCCCOC(C)C)cc2Cl)c(C)c1. The zero-order chi connectivity index (χ0) is 25.8. The molecule has 10 heteroatoms. The Bertz CT molecular complexity index is 1070. The maximum absolute atomic E-state index is 12.2. The van der Waals surface area contributed by atoms with Gasteiger partial charge in [-0.2, -0.15) is 5.10 Å². The first-order valence-corrected chi connectivity index (χ1v) is 11.6. The lowest BCUT2D eigenvalue weighted by molar-refractivity contribution is -0.139. The molecule has 2 aromatic carbocycles. The maximum Gasteiger partial charge on any atom is 0.329 e. The highest BCUT2D eigenvalue weighted by Gasteiger charge is 2.12. The molecule has 0 aliphatic rings. The second-order valence-electron chi connectivity index (χ2n) is 8.07. The number of benzene rings is 2. The van der Waals surface area contributed by atoms with Crippen LogP contribution in [0.4, 0.5) is 5.69 Å². The van der Waals surface area contributed by atoms with E-state index in [0.717, 1.165) is 16.8 Å². The van der Waals surface area contributed by atoms with Crippen LogP contribution in [-0.4, -0.2) is 49.8 Å². The minimum atomic E-state index is -0.882. The minimum Gasteiger partial charge on any atom is -0.482 e. The Morgan fingerprint density at radius 3 is 2.54 bits per heavy atom. The molecular weight excluding hydrogens is 472 g/mol. The van der Waals surface area contributed by atoms with Gasteiger partial charge in [0.1, 0.15) is 5.75 Å². The molecule has 0 radical (unpaired) electrons. The number of carbonyl (C=O) groups is 3. The largest absolute Gasteiger partial charge is 0.482 e. The molecule has 0 unspecified atom stereocenters. The van der Waals surface area contributed by atoms with E-state index in [1.807, 2.05) is 45.9 Å². The second-order valence-corrected chi connectivity index (χ2v) is 8.48. The highest BCUT2D eigenvalue weighted by molar-refractivity contribution is 6.35. The molecule has 0 atom stereocenters. The smallest absolute Gasteiger partial charge is 0.329 e. The van der Waals surface area contributed by atoms with Crippen LogP contribution < -0.4 is 20.8 Å². The lowest BCUT2D eigenvalue weighted by Gasteiger charge is -2.11. The lowest BCUT2D eigenvalue weighted by Crippen LogP contribution is -2.38. The summed E-state index contributed by atoms with van der Waals surface area (Å²) in [4.78, 5) is 35.7. The van der Waals surface area contributed by atoms with Gasteiger partial charge in [0, 0.05) is 18.8 Å². The molecule has 0 heterocycles. The van der Waals surface area contributed by atoms with E-state index in [9.17, 15) is 14.4 Å². The van der Waals surface area contributed by atoms with Gasteiger partial charge in [-0.25, -0.2) is 5.43 Å². The molecule has 9 nitrogen and oxygen atoms in total. The first-order chi connectivity index (χ1) is 16.7.